The first-order chi connectivity index (χ1) is 12.3. The Kier molecular flexibility index (Phi) is 4.33. The largest absolute Gasteiger partial charge is 0.338 e. The monoisotopic (exact) mass is 335 g/mol. The number of hydrogen-bond acceptors (Lipinski definition) is 3. The molecule has 2 atom stereocenters. The number of carbonyl (C=O) groups excluding carboxylic acids is 1. The van der Waals surface area contributed by atoms with Crippen LogP contribution in [0.1, 0.15) is 30.5 Å². The lowest BCUT2D eigenvalue weighted by molar-refractivity contribution is -0.135. The Bertz CT molecular complexity index is 798. The van der Waals surface area contributed by atoms with Crippen molar-refractivity contribution in [2.24, 2.45) is 0 Å². The molecule has 1 aliphatic rings. The van der Waals surface area contributed by atoms with Crippen molar-refractivity contribution in [1.29, 1.82) is 0 Å². The van der Waals surface area contributed by atoms with E-state index in [2.05, 4.69) is 14.6 Å². The average Bonchev–Trinajstić information content (AvgIpc) is 3.37. The van der Waals surface area contributed by atoms with Gasteiger partial charge in [0.2, 0.25) is 0 Å². The summed E-state index contributed by atoms with van der Waals surface area (Å²) in [5.41, 5.74) is 0.959. The van der Waals surface area contributed by atoms with Crippen molar-refractivity contribution in [1.82, 2.24) is 24.2 Å². The number of hydrogen-bond donors (Lipinski definition) is 0. The predicted molar refractivity (Wildman–Crippen MR) is 93.9 cm³/mol. The van der Waals surface area contributed by atoms with Crippen molar-refractivity contribution >= 4 is 5.91 Å². The first-order valence-electron chi connectivity index (χ1n) is 8.63. The molecule has 6 nitrogen and oxygen atoms in total. The Hall–Kier alpha value is -2.89. The summed E-state index contributed by atoms with van der Waals surface area (Å²) in [6, 6.07) is 11.6. The summed E-state index contributed by atoms with van der Waals surface area (Å²) in [7, 11) is 0. The molecule has 3 aromatic rings. The molecule has 4 rings (SSSR count). The van der Waals surface area contributed by atoms with Crippen LogP contribution in [0.5, 0.6) is 0 Å². The number of piperidine rings is 1. The van der Waals surface area contributed by atoms with Crippen LogP contribution in [-0.2, 0) is 4.79 Å². The maximum Gasteiger partial charge on any atom is 0.252 e. The van der Waals surface area contributed by atoms with Crippen molar-refractivity contribution in [3.63, 3.8) is 0 Å². The lowest BCUT2D eigenvalue weighted by Gasteiger charge is -2.35. The maximum absolute atomic E-state index is 13.4. The molecule has 0 saturated carbocycles. The lowest BCUT2D eigenvalue weighted by atomic mass is 10.0. The van der Waals surface area contributed by atoms with E-state index in [9.17, 15) is 4.79 Å². The zero-order chi connectivity index (χ0) is 17.1. The van der Waals surface area contributed by atoms with E-state index in [1.54, 1.807) is 17.1 Å². The van der Waals surface area contributed by atoms with Crippen LogP contribution < -0.4 is 0 Å². The standard InChI is InChI=1S/C19H21N5O/c25-19(22-11-4-8-17(14-22)23-13-10-20-15-23)18(24-12-5-9-21-24)16-6-2-1-3-7-16/h1-3,5-7,9-10,12-13,15,17-18H,4,8,11,14H2/t17-,18-/m1/s1. The Morgan fingerprint density at radius 1 is 1.12 bits per heavy atom. The van der Waals surface area contributed by atoms with E-state index in [-0.39, 0.29) is 11.9 Å². The van der Waals surface area contributed by atoms with Gasteiger partial charge in [0.05, 0.1) is 12.4 Å². The van der Waals surface area contributed by atoms with Crippen LogP contribution in [0.4, 0.5) is 0 Å². The van der Waals surface area contributed by atoms with Gasteiger partial charge in [-0.25, -0.2) is 4.98 Å². The van der Waals surface area contributed by atoms with Crippen LogP contribution in [0.15, 0.2) is 67.5 Å². The molecule has 0 bridgehead atoms. The van der Waals surface area contributed by atoms with Gasteiger partial charge in [-0.15, -0.1) is 0 Å². The fourth-order valence-corrected chi connectivity index (χ4v) is 3.53. The van der Waals surface area contributed by atoms with Crippen molar-refractivity contribution in [2.75, 3.05) is 13.1 Å². The van der Waals surface area contributed by atoms with Gasteiger partial charge in [0, 0.05) is 37.9 Å². The van der Waals surface area contributed by atoms with Gasteiger partial charge in [-0.05, 0) is 24.5 Å². The molecule has 0 N–H and O–H groups in total. The summed E-state index contributed by atoms with van der Waals surface area (Å²) >= 11 is 0. The summed E-state index contributed by atoms with van der Waals surface area (Å²) in [6.45, 7) is 1.49. The second kappa shape index (κ2) is 6.93. The molecule has 1 saturated heterocycles. The van der Waals surface area contributed by atoms with Gasteiger partial charge in [-0.3, -0.25) is 9.48 Å². The SMILES string of the molecule is O=C([C@@H](c1ccccc1)n1cccn1)N1CCC[C@@H](n2ccnc2)C1. The number of nitrogens with zero attached hydrogens (tertiary/aromatic N) is 5. The van der Waals surface area contributed by atoms with Gasteiger partial charge < -0.3 is 9.47 Å². The first kappa shape index (κ1) is 15.6. The maximum atomic E-state index is 13.4. The highest BCUT2D eigenvalue weighted by molar-refractivity contribution is 5.83. The van der Waals surface area contributed by atoms with Gasteiger partial charge >= 0.3 is 0 Å². The fourth-order valence-electron chi connectivity index (χ4n) is 3.53. The van der Waals surface area contributed by atoms with Gasteiger partial charge in [0.25, 0.3) is 5.91 Å². The highest BCUT2D eigenvalue weighted by Crippen LogP contribution is 2.26. The Morgan fingerprint density at radius 3 is 2.72 bits per heavy atom. The van der Waals surface area contributed by atoms with Gasteiger partial charge in [0.1, 0.15) is 0 Å². The van der Waals surface area contributed by atoms with E-state index < -0.39 is 6.04 Å². The van der Waals surface area contributed by atoms with Crippen molar-refractivity contribution in [3.8, 4) is 0 Å². The molecule has 1 amide bonds. The Balaban J connectivity index is 1.60. The van der Waals surface area contributed by atoms with Gasteiger partial charge in [-0.2, -0.15) is 5.10 Å². The van der Waals surface area contributed by atoms with Gasteiger partial charge in [0.15, 0.2) is 6.04 Å². The van der Waals surface area contributed by atoms with Crippen LogP contribution in [0.3, 0.4) is 0 Å². The summed E-state index contributed by atoms with van der Waals surface area (Å²) < 4.78 is 3.85. The second-order valence-corrected chi connectivity index (χ2v) is 6.39. The Labute approximate surface area is 146 Å². The van der Waals surface area contributed by atoms with Crippen LogP contribution in [0.2, 0.25) is 0 Å². The number of aromatic nitrogens is 4. The third-order valence-corrected chi connectivity index (χ3v) is 4.79. The molecular formula is C19H21N5O. The molecule has 1 fully saturated rings. The summed E-state index contributed by atoms with van der Waals surface area (Å²) in [4.78, 5) is 19.5. The smallest absolute Gasteiger partial charge is 0.252 e. The third-order valence-electron chi connectivity index (χ3n) is 4.79. The lowest BCUT2D eigenvalue weighted by Crippen LogP contribution is -2.44. The predicted octanol–water partition coefficient (Wildman–Crippen LogP) is 2.53. The van der Waals surface area contributed by atoms with Crippen molar-refractivity contribution in [3.05, 3.63) is 73.1 Å². The molecule has 1 aromatic carbocycles. The molecule has 0 spiro atoms. The number of imidazole rings is 1. The topological polar surface area (TPSA) is 56.0 Å². The van der Waals surface area contributed by atoms with Crippen molar-refractivity contribution in [2.45, 2.75) is 24.9 Å². The van der Waals surface area contributed by atoms with Crippen LogP contribution in [0.25, 0.3) is 0 Å². The van der Waals surface area contributed by atoms with E-state index in [0.29, 0.717) is 6.54 Å². The minimum atomic E-state index is -0.419. The molecule has 1 aliphatic heterocycles. The minimum Gasteiger partial charge on any atom is -0.338 e. The molecule has 128 valence electrons. The van der Waals surface area contributed by atoms with E-state index in [0.717, 1.165) is 24.9 Å². The summed E-state index contributed by atoms with van der Waals surface area (Å²) in [6.07, 6.45) is 11.2. The van der Waals surface area contributed by atoms with E-state index in [1.807, 2.05) is 60.0 Å². The van der Waals surface area contributed by atoms with E-state index >= 15 is 0 Å². The molecule has 25 heavy (non-hydrogen) atoms. The fraction of sp³-hybridized carbons (Fsp3) is 0.316. The van der Waals surface area contributed by atoms with E-state index in [1.165, 1.54) is 0 Å². The first-order valence-corrected chi connectivity index (χ1v) is 8.63. The van der Waals surface area contributed by atoms with Crippen LogP contribution in [0, 0.1) is 0 Å². The molecule has 2 aromatic heterocycles. The molecule has 0 unspecified atom stereocenters. The number of amides is 1. The number of rotatable bonds is 4. The average molecular weight is 335 g/mol. The van der Waals surface area contributed by atoms with E-state index in [4.69, 9.17) is 0 Å². The van der Waals surface area contributed by atoms with Crippen molar-refractivity contribution < 1.29 is 4.79 Å². The third kappa shape index (κ3) is 3.20. The minimum absolute atomic E-state index is 0.0970. The summed E-state index contributed by atoms with van der Waals surface area (Å²) in [5.74, 6) is 0.0970. The highest BCUT2D eigenvalue weighted by Gasteiger charge is 2.31. The zero-order valence-electron chi connectivity index (χ0n) is 14.0. The molecular weight excluding hydrogens is 314 g/mol. The zero-order valence-corrected chi connectivity index (χ0v) is 14.0. The molecule has 0 aliphatic carbocycles. The number of carbonyl (C=O) groups is 1. The van der Waals surface area contributed by atoms with Crippen LogP contribution in [-0.4, -0.2) is 43.2 Å². The number of likely N-dealkylation sites (tertiary alicyclic amines) is 1. The normalized spacial score (nSPS) is 18.9. The molecule has 6 heteroatoms. The quantitative estimate of drug-likeness (QED) is 0.736. The second-order valence-electron chi connectivity index (χ2n) is 6.39. The highest BCUT2D eigenvalue weighted by atomic mass is 16.2. The van der Waals surface area contributed by atoms with Gasteiger partial charge in [-0.1, -0.05) is 30.3 Å². The molecule has 0 radical (unpaired) electrons. The van der Waals surface area contributed by atoms with Crippen LogP contribution >= 0.6 is 0 Å². The molecule has 3 heterocycles. The Morgan fingerprint density at radius 2 is 2.00 bits per heavy atom. The summed E-state index contributed by atoms with van der Waals surface area (Å²) in [5, 5.41) is 4.33. The number of benzene rings is 1.